The molecule has 20 heavy (non-hydrogen) atoms. The molecule has 1 aromatic rings. The highest BCUT2D eigenvalue weighted by Crippen LogP contribution is 2.27. The number of hydrogen-bond donors (Lipinski definition) is 2. The summed E-state index contributed by atoms with van der Waals surface area (Å²) in [7, 11) is 0. The van der Waals surface area contributed by atoms with E-state index in [9.17, 15) is 4.79 Å². The Balaban J connectivity index is 1.77. The minimum Gasteiger partial charge on any atom is -0.467 e. The predicted molar refractivity (Wildman–Crippen MR) is 82.7 cm³/mol. The Kier molecular flexibility index (Phi) is 5.98. The summed E-state index contributed by atoms with van der Waals surface area (Å²) in [5.41, 5.74) is 0. The zero-order chi connectivity index (χ0) is 14.4. The monoisotopic (exact) mass is 296 g/mol. The van der Waals surface area contributed by atoms with Crippen molar-refractivity contribution in [2.45, 2.75) is 56.5 Å². The van der Waals surface area contributed by atoms with Gasteiger partial charge in [-0.3, -0.25) is 4.79 Å². The summed E-state index contributed by atoms with van der Waals surface area (Å²) >= 11 is 1.91. The summed E-state index contributed by atoms with van der Waals surface area (Å²) < 4.78 is 5.21. The van der Waals surface area contributed by atoms with Crippen LogP contribution in [0.2, 0.25) is 0 Å². The molecular formula is C15H24N2O2S. The Morgan fingerprint density at radius 2 is 2.30 bits per heavy atom. The van der Waals surface area contributed by atoms with Crippen LogP contribution in [0.1, 0.15) is 38.4 Å². The second-order valence-corrected chi connectivity index (χ2v) is 6.43. The molecule has 1 aliphatic rings. The predicted octanol–water partition coefficient (Wildman–Crippen LogP) is 2.55. The Hall–Kier alpha value is -0.940. The first-order valence-corrected chi connectivity index (χ1v) is 8.58. The van der Waals surface area contributed by atoms with Crippen LogP contribution in [0.4, 0.5) is 0 Å². The van der Waals surface area contributed by atoms with Gasteiger partial charge in [0.2, 0.25) is 5.91 Å². The first-order valence-electron chi connectivity index (χ1n) is 7.29. The third kappa shape index (κ3) is 4.28. The van der Waals surface area contributed by atoms with Crippen molar-refractivity contribution in [1.82, 2.24) is 10.6 Å². The number of nitrogens with one attached hydrogen (secondary N) is 2. The summed E-state index contributed by atoms with van der Waals surface area (Å²) in [5, 5.41) is 7.02. The Labute approximate surface area is 125 Å². The molecule has 0 spiro atoms. The van der Waals surface area contributed by atoms with E-state index in [-0.39, 0.29) is 11.9 Å². The van der Waals surface area contributed by atoms with Gasteiger partial charge in [-0.25, -0.2) is 0 Å². The van der Waals surface area contributed by atoms with Gasteiger partial charge in [-0.15, -0.1) is 0 Å². The van der Waals surface area contributed by atoms with Gasteiger partial charge < -0.3 is 15.1 Å². The van der Waals surface area contributed by atoms with Crippen molar-refractivity contribution in [3.63, 3.8) is 0 Å². The molecule has 2 N–H and O–H groups in total. The lowest BCUT2D eigenvalue weighted by molar-refractivity contribution is -0.123. The van der Waals surface area contributed by atoms with Crippen LogP contribution in [-0.2, 0) is 11.3 Å². The highest BCUT2D eigenvalue weighted by Gasteiger charge is 2.27. The molecule has 1 aromatic heterocycles. The maximum absolute atomic E-state index is 12.1. The molecule has 112 valence electrons. The standard InChI is InChI=1S/C15H24N2O2S/c1-11(15(18)16-10-12-6-5-9-19-12)17-13-7-3-4-8-14(13)20-2/h5-6,9,11,13-14,17H,3-4,7-8,10H2,1-2H3,(H,16,18). The van der Waals surface area contributed by atoms with E-state index in [1.165, 1.54) is 25.7 Å². The van der Waals surface area contributed by atoms with Crippen molar-refractivity contribution in [3.8, 4) is 0 Å². The summed E-state index contributed by atoms with van der Waals surface area (Å²) in [6, 6.07) is 3.98. The average molecular weight is 296 g/mol. The van der Waals surface area contributed by atoms with Gasteiger partial charge in [0.1, 0.15) is 5.76 Å². The van der Waals surface area contributed by atoms with Crippen molar-refractivity contribution < 1.29 is 9.21 Å². The largest absolute Gasteiger partial charge is 0.467 e. The highest BCUT2D eigenvalue weighted by molar-refractivity contribution is 7.99. The summed E-state index contributed by atoms with van der Waals surface area (Å²) in [6.45, 7) is 2.39. The Morgan fingerprint density at radius 1 is 1.50 bits per heavy atom. The second kappa shape index (κ2) is 7.74. The molecule has 3 unspecified atom stereocenters. The van der Waals surface area contributed by atoms with E-state index in [0.717, 1.165) is 5.76 Å². The van der Waals surface area contributed by atoms with Crippen molar-refractivity contribution in [3.05, 3.63) is 24.2 Å². The molecule has 5 heteroatoms. The van der Waals surface area contributed by atoms with Gasteiger partial charge in [-0.05, 0) is 38.2 Å². The van der Waals surface area contributed by atoms with E-state index in [1.54, 1.807) is 6.26 Å². The van der Waals surface area contributed by atoms with Gasteiger partial charge >= 0.3 is 0 Å². The van der Waals surface area contributed by atoms with Crippen LogP contribution in [0.25, 0.3) is 0 Å². The fraction of sp³-hybridized carbons (Fsp3) is 0.667. The maximum Gasteiger partial charge on any atom is 0.237 e. The molecule has 1 heterocycles. The fourth-order valence-corrected chi connectivity index (χ4v) is 3.65. The summed E-state index contributed by atoms with van der Waals surface area (Å²) in [4.78, 5) is 12.1. The number of rotatable bonds is 6. The van der Waals surface area contributed by atoms with Crippen LogP contribution < -0.4 is 10.6 Å². The third-order valence-electron chi connectivity index (χ3n) is 3.88. The quantitative estimate of drug-likeness (QED) is 0.847. The molecule has 1 aliphatic carbocycles. The van der Waals surface area contributed by atoms with Gasteiger partial charge in [0.15, 0.2) is 0 Å². The Morgan fingerprint density at radius 3 is 3.00 bits per heavy atom. The molecule has 0 saturated heterocycles. The van der Waals surface area contributed by atoms with E-state index < -0.39 is 0 Å². The topological polar surface area (TPSA) is 54.3 Å². The van der Waals surface area contributed by atoms with E-state index >= 15 is 0 Å². The molecule has 0 aliphatic heterocycles. The van der Waals surface area contributed by atoms with Crippen molar-refractivity contribution in [1.29, 1.82) is 0 Å². The van der Waals surface area contributed by atoms with Crippen molar-refractivity contribution in [2.75, 3.05) is 6.26 Å². The number of thioether (sulfide) groups is 1. The minimum absolute atomic E-state index is 0.0341. The second-order valence-electron chi connectivity index (χ2n) is 5.35. The zero-order valence-corrected chi connectivity index (χ0v) is 13.0. The molecule has 1 fully saturated rings. The normalized spacial score (nSPS) is 24.3. The highest BCUT2D eigenvalue weighted by atomic mass is 32.2. The van der Waals surface area contributed by atoms with Crippen LogP contribution in [-0.4, -0.2) is 29.5 Å². The molecule has 4 nitrogen and oxygen atoms in total. The lowest BCUT2D eigenvalue weighted by atomic mass is 9.94. The number of amides is 1. The lowest BCUT2D eigenvalue weighted by Gasteiger charge is -2.33. The van der Waals surface area contributed by atoms with Crippen LogP contribution in [0.5, 0.6) is 0 Å². The molecular weight excluding hydrogens is 272 g/mol. The summed E-state index contributed by atoms with van der Waals surface area (Å²) in [6.07, 6.45) is 8.76. The van der Waals surface area contributed by atoms with Crippen LogP contribution >= 0.6 is 11.8 Å². The van der Waals surface area contributed by atoms with Crippen LogP contribution in [0, 0.1) is 0 Å². The average Bonchev–Trinajstić information content (AvgIpc) is 2.98. The van der Waals surface area contributed by atoms with Gasteiger partial charge in [-0.1, -0.05) is 12.8 Å². The van der Waals surface area contributed by atoms with Crippen molar-refractivity contribution >= 4 is 17.7 Å². The molecule has 2 rings (SSSR count). The molecule has 1 saturated carbocycles. The molecule has 0 bridgehead atoms. The van der Waals surface area contributed by atoms with Crippen molar-refractivity contribution in [2.24, 2.45) is 0 Å². The van der Waals surface area contributed by atoms with E-state index in [4.69, 9.17) is 4.42 Å². The molecule has 1 amide bonds. The van der Waals surface area contributed by atoms with Gasteiger partial charge in [0.25, 0.3) is 0 Å². The number of furan rings is 1. The van der Waals surface area contributed by atoms with Gasteiger partial charge in [0.05, 0.1) is 18.8 Å². The van der Waals surface area contributed by atoms with E-state index in [0.29, 0.717) is 17.8 Å². The van der Waals surface area contributed by atoms with Crippen LogP contribution in [0.15, 0.2) is 22.8 Å². The first-order chi connectivity index (χ1) is 9.70. The minimum atomic E-state index is -0.164. The fourth-order valence-electron chi connectivity index (χ4n) is 2.71. The molecule has 0 aromatic carbocycles. The Bertz CT molecular complexity index is 408. The number of carbonyl (C=O) groups is 1. The first kappa shape index (κ1) is 15.4. The van der Waals surface area contributed by atoms with Gasteiger partial charge in [0, 0.05) is 11.3 Å². The van der Waals surface area contributed by atoms with E-state index in [1.807, 2.05) is 30.8 Å². The number of carbonyl (C=O) groups excluding carboxylic acids is 1. The summed E-state index contributed by atoms with van der Waals surface area (Å²) in [5.74, 6) is 0.817. The zero-order valence-electron chi connectivity index (χ0n) is 12.2. The third-order valence-corrected chi connectivity index (χ3v) is 5.05. The SMILES string of the molecule is CSC1CCCCC1NC(C)C(=O)NCc1ccco1. The number of hydrogen-bond acceptors (Lipinski definition) is 4. The maximum atomic E-state index is 12.1. The van der Waals surface area contributed by atoms with Crippen LogP contribution in [0.3, 0.4) is 0 Å². The molecule has 0 radical (unpaired) electrons. The van der Waals surface area contributed by atoms with Gasteiger partial charge in [-0.2, -0.15) is 11.8 Å². The smallest absolute Gasteiger partial charge is 0.237 e. The molecule has 3 atom stereocenters. The van der Waals surface area contributed by atoms with E-state index in [2.05, 4.69) is 16.9 Å². The lowest BCUT2D eigenvalue weighted by Crippen LogP contribution is -2.50.